The second-order valence-corrected chi connectivity index (χ2v) is 1.19. The summed E-state index contributed by atoms with van der Waals surface area (Å²) in [5, 5.41) is 11.0. The van der Waals surface area contributed by atoms with Gasteiger partial charge in [-0.2, -0.15) is 0 Å². The number of rotatable bonds is 3. The molecule has 0 aliphatic carbocycles. The summed E-state index contributed by atoms with van der Waals surface area (Å²) in [6, 6.07) is 0. The molecule has 1 atom stereocenters. The van der Waals surface area contributed by atoms with E-state index in [4.69, 9.17) is 10.9 Å². The Morgan fingerprint density at radius 1 is 1.86 bits per heavy atom. The maximum absolute atomic E-state index is 8.32. The lowest BCUT2D eigenvalue weighted by molar-refractivity contribution is 0.227. The van der Waals surface area contributed by atoms with E-state index < -0.39 is 0 Å². The van der Waals surface area contributed by atoms with Crippen molar-refractivity contribution in [2.24, 2.45) is 5.84 Å². The van der Waals surface area contributed by atoms with Crippen LogP contribution in [0.5, 0.6) is 0 Å². The first kappa shape index (κ1) is 6.84. The van der Waals surface area contributed by atoms with E-state index >= 15 is 0 Å². The second kappa shape index (κ2) is 4.01. The third-order valence-corrected chi connectivity index (χ3v) is 0.732. The van der Waals surface area contributed by atoms with E-state index in [0.29, 0.717) is 0 Å². The maximum atomic E-state index is 8.32. The molecule has 0 amide bonds. The van der Waals surface area contributed by atoms with Crippen molar-refractivity contribution in [2.75, 3.05) is 13.7 Å². The van der Waals surface area contributed by atoms with Crippen molar-refractivity contribution in [3.63, 3.8) is 0 Å². The molecule has 1 unspecified atom stereocenters. The van der Waals surface area contributed by atoms with Crippen molar-refractivity contribution in [3.8, 4) is 0 Å². The minimum absolute atomic E-state index is 0.00694. The monoisotopic (exact) mass is 105 g/mol. The fraction of sp³-hybridized carbons (Fsp3) is 1.00. The summed E-state index contributed by atoms with van der Waals surface area (Å²) >= 11 is 0. The number of likely N-dealkylation sites (N-methyl/N-ethyl adjacent to an activating group) is 1. The molecule has 0 spiro atoms. The fourth-order valence-corrected chi connectivity index (χ4v) is 0.227. The Morgan fingerprint density at radius 2 is 2.43 bits per heavy atom. The number of aliphatic hydroxyl groups excluding tert-OH is 1. The lowest BCUT2D eigenvalue weighted by atomic mass is 10.6. The van der Waals surface area contributed by atoms with Crippen LogP contribution in [0.4, 0.5) is 0 Å². The quantitative estimate of drug-likeness (QED) is 0.190. The second-order valence-electron chi connectivity index (χ2n) is 1.19. The summed E-state index contributed by atoms with van der Waals surface area (Å²) in [4.78, 5) is 0. The summed E-state index contributed by atoms with van der Waals surface area (Å²) in [5.74, 6) is 4.92. The van der Waals surface area contributed by atoms with Crippen molar-refractivity contribution >= 4 is 0 Å². The van der Waals surface area contributed by atoms with E-state index in [-0.39, 0.29) is 12.8 Å². The molecule has 4 heteroatoms. The van der Waals surface area contributed by atoms with Crippen molar-refractivity contribution < 1.29 is 5.11 Å². The topological polar surface area (TPSA) is 70.3 Å². The highest BCUT2D eigenvalue weighted by Crippen LogP contribution is 1.63. The zero-order chi connectivity index (χ0) is 5.70. The van der Waals surface area contributed by atoms with Gasteiger partial charge in [0.25, 0.3) is 0 Å². The van der Waals surface area contributed by atoms with Crippen LogP contribution in [0.15, 0.2) is 0 Å². The van der Waals surface area contributed by atoms with Crippen molar-refractivity contribution in [3.05, 3.63) is 0 Å². The molecule has 0 bridgehead atoms. The summed E-state index contributed by atoms with van der Waals surface area (Å²) in [6.07, 6.45) is -0.181. The highest BCUT2D eigenvalue weighted by molar-refractivity contribution is 4.51. The Labute approximate surface area is 42.7 Å². The minimum atomic E-state index is -0.181. The van der Waals surface area contributed by atoms with Gasteiger partial charge < -0.3 is 10.4 Å². The summed E-state index contributed by atoms with van der Waals surface area (Å²) in [6.45, 7) is 0.00694. The number of aliphatic hydroxyl groups is 1. The molecule has 7 heavy (non-hydrogen) atoms. The maximum Gasteiger partial charge on any atom is 0.0933 e. The molecule has 0 saturated carbocycles. The van der Waals surface area contributed by atoms with Gasteiger partial charge in [0.2, 0.25) is 0 Å². The Balaban J connectivity index is 2.99. The summed E-state index contributed by atoms with van der Waals surface area (Å²) < 4.78 is 0. The van der Waals surface area contributed by atoms with Crippen LogP contribution in [0.2, 0.25) is 0 Å². The molecule has 0 aliphatic heterocycles. The van der Waals surface area contributed by atoms with Gasteiger partial charge in [0.05, 0.1) is 12.8 Å². The van der Waals surface area contributed by atoms with Crippen molar-refractivity contribution in [2.45, 2.75) is 6.17 Å². The lowest BCUT2D eigenvalue weighted by Gasteiger charge is -2.08. The SMILES string of the molecule is CNC(CO)NN. The standard InChI is InChI=1S/C3H11N3O/c1-5-3(2-7)6-4/h3,5-7H,2,4H2,1H3. The zero-order valence-corrected chi connectivity index (χ0v) is 4.31. The Kier molecular flexibility index (Phi) is 3.92. The molecule has 4 nitrogen and oxygen atoms in total. The van der Waals surface area contributed by atoms with Gasteiger partial charge in [-0.1, -0.05) is 0 Å². The van der Waals surface area contributed by atoms with Gasteiger partial charge >= 0.3 is 0 Å². The third-order valence-electron chi connectivity index (χ3n) is 0.732. The predicted octanol–water partition coefficient (Wildman–Crippen LogP) is -2.01. The van der Waals surface area contributed by atoms with Gasteiger partial charge in [-0.15, -0.1) is 0 Å². The molecule has 0 fully saturated rings. The third kappa shape index (κ3) is 2.52. The first-order valence-corrected chi connectivity index (χ1v) is 2.09. The van der Waals surface area contributed by atoms with E-state index in [1.54, 1.807) is 7.05 Å². The van der Waals surface area contributed by atoms with Crippen LogP contribution < -0.4 is 16.6 Å². The predicted molar refractivity (Wildman–Crippen MR) is 27.3 cm³/mol. The van der Waals surface area contributed by atoms with Gasteiger partial charge in [0, 0.05) is 0 Å². The Hall–Kier alpha value is -0.160. The molecule has 5 N–H and O–H groups in total. The normalized spacial score (nSPS) is 14.1. The lowest BCUT2D eigenvalue weighted by Crippen LogP contribution is -2.46. The number of hydrazine groups is 1. The molecular formula is C3H11N3O. The summed E-state index contributed by atoms with van der Waals surface area (Å²) in [7, 11) is 1.71. The number of nitrogens with one attached hydrogen (secondary N) is 2. The molecule has 0 aromatic rings. The Bertz CT molecular complexity index is 31.7. The molecular weight excluding hydrogens is 94.1 g/mol. The molecule has 0 rings (SSSR count). The van der Waals surface area contributed by atoms with Gasteiger partial charge in [-0.05, 0) is 7.05 Å². The average molecular weight is 105 g/mol. The van der Waals surface area contributed by atoms with Crippen LogP contribution in [-0.4, -0.2) is 24.9 Å². The van der Waals surface area contributed by atoms with Gasteiger partial charge in [-0.25, -0.2) is 5.43 Å². The van der Waals surface area contributed by atoms with Gasteiger partial charge in [0.15, 0.2) is 0 Å². The van der Waals surface area contributed by atoms with Crippen LogP contribution in [0.1, 0.15) is 0 Å². The average Bonchev–Trinajstić information content (AvgIpc) is 1.72. The number of hydrogen-bond acceptors (Lipinski definition) is 4. The van der Waals surface area contributed by atoms with Gasteiger partial charge in [-0.3, -0.25) is 5.84 Å². The molecule has 0 aromatic heterocycles. The summed E-state index contributed by atoms with van der Waals surface area (Å²) in [5.41, 5.74) is 2.34. The van der Waals surface area contributed by atoms with Crippen LogP contribution in [0.3, 0.4) is 0 Å². The number of hydrogen-bond donors (Lipinski definition) is 4. The first-order valence-electron chi connectivity index (χ1n) is 2.09. The zero-order valence-electron chi connectivity index (χ0n) is 4.31. The smallest absolute Gasteiger partial charge is 0.0933 e. The van der Waals surface area contributed by atoms with E-state index in [2.05, 4.69) is 10.7 Å². The minimum Gasteiger partial charge on any atom is -0.393 e. The number of nitrogens with two attached hydrogens (primary N) is 1. The molecule has 0 saturated heterocycles. The van der Waals surface area contributed by atoms with Crippen LogP contribution in [0.25, 0.3) is 0 Å². The van der Waals surface area contributed by atoms with Crippen LogP contribution in [-0.2, 0) is 0 Å². The van der Waals surface area contributed by atoms with E-state index in [1.807, 2.05) is 0 Å². The van der Waals surface area contributed by atoms with Gasteiger partial charge in [0.1, 0.15) is 0 Å². The van der Waals surface area contributed by atoms with E-state index in [1.165, 1.54) is 0 Å². The van der Waals surface area contributed by atoms with Crippen LogP contribution >= 0.6 is 0 Å². The van der Waals surface area contributed by atoms with Crippen LogP contribution in [0, 0.1) is 0 Å². The first-order chi connectivity index (χ1) is 3.35. The fourth-order valence-electron chi connectivity index (χ4n) is 0.227. The van der Waals surface area contributed by atoms with E-state index in [0.717, 1.165) is 0 Å². The molecule has 0 aliphatic rings. The molecule has 0 aromatic carbocycles. The Morgan fingerprint density at radius 3 is 2.43 bits per heavy atom. The highest BCUT2D eigenvalue weighted by Gasteiger charge is 1.94. The van der Waals surface area contributed by atoms with Crippen molar-refractivity contribution in [1.29, 1.82) is 0 Å². The van der Waals surface area contributed by atoms with Crippen molar-refractivity contribution in [1.82, 2.24) is 10.7 Å². The molecule has 0 heterocycles. The van der Waals surface area contributed by atoms with E-state index in [9.17, 15) is 0 Å². The molecule has 0 radical (unpaired) electrons. The highest BCUT2D eigenvalue weighted by atomic mass is 16.3. The molecule has 44 valence electrons. The largest absolute Gasteiger partial charge is 0.393 e.